The summed E-state index contributed by atoms with van der Waals surface area (Å²) < 4.78 is 10.9. The lowest BCUT2D eigenvalue weighted by atomic mass is 9.74. The Morgan fingerprint density at radius 1 is 0.514 bits per heavy atom. The summed E-state index contributed by atoms with van der Waals surface area (Å²) in [6.07, 6.45) is 18.2. The fourth-order valence-electron chi connectivity index (χ4n) is 5.14. The van der Waals surface area contributed by atoms with Crippen LogP contribution in [0.5, 0.6) is 0 Å². The Bertz CT molecular complexity index is 553. The second kappa shape index (κ2) is 22.9. The zero-order valence-corrected chi connectivity index (χ0v) is 26.1. The Hall–Kier alpha value is -1.06. The third-order valence-electron chi connectivity index (χ3n) is 7.36. The number of hydrogen-bond acceptors (Lipinski definition) is 4. The maximum absolute atomic E-state index is 12.8. The van der Waals surface area contributed by atoms with Gasteiger partial charge < -0.3 is 9.47 Å². The number of carbonyl (C=O) groups excluding carboxylic acids is 2. The summed E-state index contributed by atoms with van der Waals surface area (Å²) in [6, 6.07) is 0. The van der Waals surface area contributed by atoms with Crippen LogP contribution in [0.25, 0.3) is 0 Å². The number of rotatable bonds is 24. The Balaban J connectivity index is 3.80. The van der Waals surface area contributed by atoms with Crippen molar-refractivity contribution in [3.05, 3.63) is 0 Å². The van der Waals surface area contributed by atoms with Crippen LogP contribution in [-0.4, -0.2) is 25.2 Å². The Morgan fingerprint density at radius 2 is 0.919 bits per heavy atom. The highest BCUT2D eigenvalue weighted by molar-refractivity contribution is 5.73. The van der Waals surface area contributed by atoms with Gasteiger partial charge in [-0.2, -0.15) is 0 Å². The van der Waals surface area contributed by atoms with Crippen molar-refractivity contribution in [3.8, 4) is 0 Å². The zero-order valence-electron chi connectivity index (χ0n) is 26.1. The summed E-state index contributed by atoms with van der Waals surface area (Å²) in [4.78, 5) is 24.4. The van der Waals surface area contributed by atoms with E-state index < -0.39 is 0 Å². The maximum Gasteiger partial charge on any atom is 0.309 e. The predicted octanol–water partition coefficient (Wildman–Crippen LogP) is 9.78. The normalized spacial score (nSPS) is 13.5. The van der Waals surface area contributed by atoms with Crippen LogP contribution in [0, 0.1) is 35.5 Å². The quantitative estimate of drug-likeness (QED) is 0.0931. The molecule has 4 heteroatoms. The lowest BCUT2D eigenvalue weighted by Crippen LogP contribution is -2.34. The third-order valence-corrected chi connectivity index (χ3v) is 7.36. The van der Waals surface area contributed by atoms with Crippen LogP contribution in [0.4, 0.5) is 0 Å². The molecule has 37 heavy (non-hydrogen) atoms. The molecule has 0 aromatic carbocycles. The van der Waals surface area contributed by atoms with Gasteiger partial charge in [-0.25, -0.2) is 0 Å². The SMILES string of the molecule is CC(C)COC(=O)CCCCCCCCCCCCCCCC(C(C)C)C(C(=O)OCC(C)C)C(C)C. The summed E-state index contributed by atoms with van der Waals surface area (Å²) in [5, 5.41) is 0. The molecular weight excluding hydrogens is 460 g/mol. The second-order valence-corrected chi connectivity index (χ2v) is 12.9. The van der Waals surface area contributed by atoms with E-state index in [9.17, 15) is 9.59 Å². The lowest BCUT2D eigenvalue weighted by molar-refractivity contribution is -0.154. The van der Waals surface area contributed by atoms with Crippen molar-refractivity contribution in [3.63, 3.8) is 0 Å². The highest BCUT2D eigenvalue weighted by Gasteiger charge is 2.34. The molecular formula is C33H64O4. The first-order valence-electron chi connectivity index (χ1n) is 15.9. The minimum absolute atomic E-state index is 0.0178. The monoisotopic (exact) mass is 524 g/mol. The van der Waals surface area contributed by atoms with Crippen LogP contribution < -0.4 is 0 Å². The van der Waals surface area contributed by atoms with E-state index >= 15 is 0 Å². The molecule has 0 amide bonds. The molecule has 0 spiro atoms. The van der Waals surface area contributed by atoms with Gasteiger partial charge in [-0.3, -0.25) is 9.59 Å². The van der Waals surface area contributed by atoms with Crippen molar-refractivity contribution in [2.45, 2.75) is 152 Å². The van der Waals surface area contributed by atoms with Crippen LogP contribution in [0.15, 0.2) is 0 Å². The summed E-state index contributed by atoms with van der Waals surface area (Å²) >= 11 is 0. The van der Waals surface area contributed by atoms with E-state index in [-0.39, 0.29) is 17.9 Å². The highest BCUT2D eigenvalue weighted by atomic mass is 16.5. The number of esters is 2. The molecule has 4 nitrogen and oxygen atoms in total. The average molecular weight is 525 g/mol. The van der Waals surface area contributed by atoms with E-state index in [1.165, 1.54) is 70.6 Å². The summed E-state index contributed by atoms with van der Waals surface area (Å²) in [6.45, 7) is 18.3. The molecule has 0 aliphatic heterocycles. The van der Waals surface area contributed by atoms with Gasteiger partial charge >= 0.3 is 11.9 Å². The maximum atomic E-state index is 12.8. The highest BCUT2D eigenvalue weighted by Crippen LogP contribution is 2.33. The Kier molecular flexibility index (Phi) is 22.2. The number of carbonyl (C=O) groups is 2. The van der Waals surface area contributed by atoms with E-state index in [0.29, 0.717) is 49.2 Å². The van der Waals surface area contributed by atoms with Crippen LogP contribution in [0.2, 0.25) is 0 Å². The molecule has 0 N–H and O–H groups in total. The molecule has 0 saturated heterocycles. The van der Waals surface area contributed by atoms with Crippen molar-refractivity contribution in [2.24, 2.45) is 35.5 Å². The third kappa shape index (κ3) is 20.6. The first-order valence-corrected chi connectivity index (χ1v) is 15.9. The van der Waals surface area contributed by atoms with E-state index in [0.717, 1.165) is 19.3 Å². The lowest BCUT2D eigenvalue weighted by Gasteiger charge is -2.31. The minimum atomic E-state index is -0.0324. The molecule has 0 aromatic rings. The minimum Gasteiger partial charge on any atom is -0.465 e. The van der Waals surface area contributed by atoms with Gasteiger partial charge in [0.25, 0.3) is 0 Å². The van der Waals surface area contributed by atoms with E-state index in [2.05, 4.69) is 55.4 Å². The fourth-order valence-corrected chi connectivity index (χ4v) is 5.14. The molecule has 0 heterocycles. The van der Waals surface area contributed by atoms with Gasteiger partial charge in [0.2, 0.25) is 0 Å². The molecule has 0 aliphatic carbocycles. The molecule has 2 unspecified atom stereocenters. The molecule has 2 atom stereocenters. The first-order chi connectivity index (χ1) is 17.6. The van der Waals surface area contributed by atoms with E-state index in [1.807, 2.05) is 0 Å². The van der Waals surface area contributed by atoms with Gasteiger partial charge in [0.1, 0.15) is 0 Å². The largest absolute Gasteiger partial charge is 0.465 e. The summed E-state index contributed by atoms with van der Waals surface area (Å²) in [5.74, 6) is 2.05. The number of ether oxygens (including phenoxy) is 2. The standard InChI is InChI=1S/C33H64O4/c1-26(2)24-36-31(34)23-21-19-17-15-13-11-9-10-12-14-16-18-20-22-30(28(5)6)32(29(7)8)33(35)37-25-27(3)4/h26-30,32H,9-25H2,1-8H3. The summed E-state index contributed by atoms with van der Waals surface area (Å²) in [7, 11) is 0. The average Bonchev–Trinajstić information content (AvgIpc) is 2.82. The van der Waals surface area contributed by atoms with Crippen LogP contribution in [-0.2, 0) is 19.1 Å². The second-order valence-electron chi connectivity index (χ2n) is 12.9. The molecule has 0 fully saturated rings. The topological polar surface area (TPSA) is 52.6 Å². The Labute approximate surface area is 231 Å². The molecule has 0 aromatic heterocycles. The van der Waals surface area contributed by atoms with E-state index in [1.54, 1.807) is 0 Å². The van der Waals surface area contributed by atoms with Crippen molar-refractivity contribution in [1.29, 1.82) is 0 Å². The molecule has 0 aliphatic rings. The van der Waals surface area contributed by atoms with Gasteiger partial charge in [0, 0.05) is 6.42 Å². The van der Waals surface area contributed by atoms with Crippen molar-refractivity contribution in [1.82, 2.24) is 0 Å². The number of hydrogen-bond donors (Lipinski definition) is 0. The van der Waals surface area contributed by atoms with Gasteiger partial charge in [0.05, 0.1) is 19.1 Å². The molecule has 0 bridgehead atoms. The molecule has 0 rings (SSSR count). The van der Waals surface area contributed by atoms with Gasteiger partial charge in [0.15, 0.2) is 0 Å². The van der Waals surface area contributed by atoms with E-state index in [4.69, 9.17) is 9.47 Å². The first kappa shape index (κ1) is 35.9. The predicted molar refractivity (Wildman–Crippen MR) is 158 cm³/mol. The Morgan fingerprint density at radius 3 is 1.32 bits per heavy atom. The number of unbranched alkanes of at least 4 members (excludes halogenated alkanes) is 12. The van der Waals surface area contributed by atoms with Crippen LogP contribution >= 0.6 is 0 Å². The fraction of sp³-hybridized carbons (Fsp3) is 0.939. The van der Waals surface area contributed by atoms with Crippen LogP contribution in [0.1, 0.15) is 152 Å². The zero-order chi connectivity index (χ0) is 28.1. The van der Waals surface area contributed by atoms with Crippen molar-refractivity contribution in [2.75, 3.05) is 13.2 Å². The smallest absolute Gasteiger partial charge is 0.309 e. The summed E-state index contributed by atoms with van der Waals surface area (Å²) in [5.41, 5.74) is 0. The molecule has 220 valence electrons. The molecule has 0 saturated carbocycles. The van der Waals surface area contributed by atoms with Gasteiger partial charge in [-0.1, -0.05) is 132 Å². The van der Waals surface area contributed by atoms with Crippen molar-refractivity contribution >= 4 is 11.9 Å². The van der Waals surface area contributed by atoms with Crippen LogP contribution in [0.3, 0.4) is 0 Å². The van der Waals surface area contributed by atoms with Gasteiger partial charge in [-0.05, 0) is 42.4 Å². The van der Waals surface area contributed by atoms with Gasteiger partial charge in [-0.15, -0.1) is 0 Å². The molecule has 0 radical (unpaired) electrons. The van der Waals surface area contributed by atoms with Crippen molar-refractivity contribution < 1.29 is 19.1 Å².